The first kappa shape index (κ1) is 20.8. The number of thioether (sulfide) groups is 1. The van der Waals surface area contributed by atoms with Gasteiger partial charge in [0.25, 0.3) is 5.56 Å². The molecule has 0 aliphatic rings. The average Bonchev–Trinajstić information content (AvgIpc) is 2.71. The number of Topliss-reactive ketones (excluding diaryl/α,β-unsaturated/α-hetero) is 1. The van der Waals surface area contributed by atoms with Crippen molar-refractivity contribution in [2.75, 3.05) is 17.7 Å². The Morgan fingerprint density at radius 1 is 1.14 bits per heavy atom. The quantitative estimate of drug-likeness (QED) is 0.336. The molecule has 7 nitrogen and oxygen atoms in total. The Morgan fingerprint density at radius 3 is 2.55 bits per heavy atom. The van der Waals surface area contributed by atoms with E-state index in [9.17, 15) is 14.4 Å². The Labute approximate surface area is 171 Å². The summed E-state index contributed by atoms with van der Waals surface area (Å²) in [7, 11) is 0. The molecular weight excluding hydrogens is 390 g/mol. The molecule has 1 heterocycles. The first-order valence-electron chi connectivity index (χ1n) is 9.13. The smallest absolute Gasteiger partial charge is 0.262 e. The number of aromatic nitrogens is 2. The van der Waals surface area contributed by atoms with E-state index in [2.05, 4.69) is 10.3 Å². The van der Waals surface area contributed by atoms with E-state index in [0.717, 1.165) is 0 Å². The molecule has 3 aromatic rings. The van der Waals surface area contributed by atoms with E-state index in [1.165, 1.54) is 23.3 Å². The van der Waals surface area contributed by atoms with Gasteiger partial charge < -0.3 is 10.4 Å². The van der Waals surface area contributed by atoms with Crippen LogP contribution in [0.25, 0.3) is 10.9 Å². The van der Waals surface area contributed by atoms with Gasteiger partial charge in [0.1, 0.15) is 0 Å². The summed E-state index contributed by atoms with van der Waals surface area (Å²) < 4.78 is 1.51. The Balaban J connectivity index is 1.81. The standard InChI is InChI=1S/C21H21N3O4S/c1-14(26)22-16-9-7-15(8-10-16)19(27)13-29-21-23-18-6-3-2-5-17(18)20(28)24(21)11-4-12-25/h2-3,5-10,25H,4,11-13H2,1H3,(H,22,26). The van der Waals surface area contributed by atoms with Crippen LogP contribution in [-0.2, 0) is 11.3 Å². The number of para-hydroxylation sites is 1. The number of rotatable bonds is 8. The number of aliphatic hydroxyl groups is 1. The van der Waals surface area contributed by atoms with E-state index in [4.69, 9.17) is 5.11 Å². The summed E-state index contributed by atoms with van der Waals surface area (Å²) in [6.45, 7) is 1.71. The predicted octanol–water partition coefficient (Wildman–Crippen LogP) is 2.71. The third-order valence-corrected chi connectivity index (χ3v) is 5.20. The lowest BCUT2D eigenvalue weighted by molar-refractivity contribution is -0.114. The van der Waals surface area contributed by atoms with Crippen LogP contribution in [0.15, 0.2) is 58.5 Å². The Bertz CT molecular complexity index is 1090. The molecule has 150 valence electrons. The Morgan fingerprint density at radius 2 is 1.86 bits per heavy atom. The maximum absolute atomic E-state index is 12.8. The van der Waals surface area contributed by atoms with Crippen LogP contribution in [0.1, 0.15) is 23.7 Å². The molecule has 29 heavy (non-hydrogen) atoms. The highest BCUT2D eigenvalue weighted by Gasteiger charge is 2.14. The molecule has 8 heteroatoms. The van der Waals surface area contributed by atoms with Gasteiger partial charge in [-0.3, -0.25) is 19.0 Å². The summed E-state index contributed by atoms with van der Waals surface area (Å²) in [6.07, 6.45) is 0.423. The lowest BCUT2D eigenvalue weighted by Crippen LogP contribution is -2.24. The van der Waals surface area contributed by atoms with Crippen molar-refractivity contribution in [1.29, 1.82) is 0 Å². The molecule has 0 aliphatic carbocycles. The van der Waals surface area contributed by atoms with E-state index in [1.807, 2.05) is 6.07 Å². The number of benzene rings is 2. The normalized spacial score (nSPS) is 10.8. The van der Waals surface area contributed by atoms with Gasteiger partial charge in [0.05, 0.1) is 16.7 Å². The summed E-state index contributed by atoms with van der Waals surface area (Å²) in [5.41, 5.74) is 1.53. The van der Waals surface area contributed by atoms with Crippen molar-refractivity contribution < 1.29 is 14.7 Å². The van der Waals surface area contributed by atoms with Crippen molar-refractivity contribution in [2.45, 2.75) is 25.0 Å². The van der Waals surface area contributed by atoms with Crippen molar-refractivity contribution in [1.82, 2.24) is 9.55 Å². The maximum atomic E-state index is 12.8. The molecule has 2 aromatic carbocycles. The van der Waals surface area contributed by atoms with Crippen molar-refractivity contribution in [3.05, 3.63) is 64.4 Å². The SMILES string of the molecule is CC(=O)Nc1ccc(C(=O)CSc2nc3ccccc3c(=O)n2CCCO)cc1. The first-order chi connectivity index (χ1) is 14.0. The van der Waals surface area contributed by atoms with Gasteiger partial charge in [0, 0.05) is 31.3 Å². The van der Waals surface area contributed by atoms with Crippen molar-refractivity contribution in [2.24, 2.45) is 0 Å². The molecule has 0 spiro atoms. The van der Waals surface area contributed by atoms with Crippen LogP contribution in [0.5, 0.6) is 0 Å². The summed E-state index contributed by atoms with van der Waals surface area (Å²) >= 11 is 1.20. The molecule has 0 radical (unpaired) electrons. The number of amides is 1. The minimum atomic E-state index is -0.182. The van der Waals surface area contributed by atoms with Gasteiger partial charge in [-0.2, -0.15) is 0 Å². The number of nitrogens with one attached hydrogen (secondary N) is 1. The summed E-state index contributed by atoms with van der Waals surface area (Å²) in [5, 5.41) is 12.8. The Hall–Kier alpha value is -2.97. The second-order valence-corrected chi connectivity index (χ2v) is 7.36. The van der Waals surface area contributed by atoms with Crippen LogP contribution in [0, 0.1) is 0 Å². The third-order valence-electron chi connectivity index (χ3n) is 4.23. The second kappa shape index (κ2) is 9.49. The fourth-order valence-electron chi connectivity index (χ4n) is 2.84. The van der Waals surface area contributed by atoms with Gasteiger partial charge in [0.2, 0.25) is 5.91 Å². The summed E-state index contributed by atoms with van der Waals surface area (Å²) in [5.74, 6) is -0.174. The second-order valence-electron chi connectivity index (χ2n) is 6.42. The molecule has 0 unspecified atom stereocenters. The van der Waals surface area contributed by atoms with Gasteiger partial charge in [-0.25, -0.2) is 4.98 Å². The molecule has 0 bridgehead atoms. The largest absolute Gasteiger partial charge is 0.396 e. The molecule has 1 amide bonds. The van der Waals surface area contributed by atoms with Gasteiger partial charge in [-0.1, -0.05) is 23.9 Å². The number of carbonyl (C=O) groups excluding carboxylic acids is 2. The molecule has 0 atom stereocenters. The van der Waals surface area contributed by atoms with E-state index in [1.54, 1.807) is 42.5 Å². The Kier molecular flexibility index (Phi) is 6.79. The van der Waals surface area contributed by atoms with Gasteiger partial charge in [-0.05, 0) is 42.8 Å². The lowest BCUT2D eigenvalue weighted by Gasteiger charge is -2.12. The summed E-state index contributed by atoms with van der Waals surface area (Å²) in [4.78, 5) is 41.0. The van der Waals surface area contributed by atoms with Gasteiger partial charge in [-0.15, -0.1) is 0 Å². The average molecular weight is 411 g/mol. The van der Waals surface area contributed by atoms with E-state index < -0.39 is 0 Å². The zero-order valence-electron chi connectivity index (χ0n) is 15.9. The number of ketones is 1. The lowest BCUT2D eigenvalue weighted by atomic mass is 10.1. The molecule has 0 saturated carbocycles. The number of anilines is 1. The van der Waals surface area contributed by atoms with Gasteiger partial charge in [0.15, 0.2) is 10.9 Å². The van der Waals surface area contributed by atoms with Crippen molar-refractivity contribution in [3.63, 3.8) is 0 Å². The third kappa shape index (κ3) is 5.10. The van der Waals surface area contributed by atoms with Crippen LogP contribution in [0.2, 0.25) is 0 Å². The minimum absolute atomic E-state index is 0.0387. The van der Waals surface area contributed by atoms with E-state index >= 15 is 0 Å². The number of nitrogens with zero attached hydrogens (tertiary/aromatic N) is 2. The number of fused-ring (bicyclic) bond motifs is 1. The predicted molar refractivity (Wildman–Crippen MR) is 114 cm³/mol. The van der Waals surface area contributed by atoms with Crippen LogP contribution >= 0.6 is 11.8 Å². The molecule has 0 aliphatic heterocycles. The van der Waals surface area contributed by atoms with Crippen molar-refractivity contribution >= 4 is 40.0 Å². The molecular formula is C21H21N3O4S. The van der Waals surface area contributed by atoms with Crippen LogP contribution < -0.4 is 10.9 Å². The number of hydrogen-bond acceptors (Lipinski definition) is 6. The fourth-order valence-corrected chi connectivity index (χ4v) is 3.76. The highest BCUT2D eigenvalue weighted by molar-refractivity contribution is 7.99. The van der Waals surface area contributed by atoms with Crippen molar-refractivity contribution in [3.8, 4) is 0 Å². The summed E-state index contributed by atoms with van der Waals surface area (Å²) in [6, 6.07) is 13.7. The minimum Gasteiger partial charge on any atom is -0.396 e. The fraction of sp³-hybridized carbons (Fsp3) is 0.238. The van der Waals surface area contributed by atoms with Crippen LogP contribution in [0.3, 0.4) is 0 Å². The maximum Gasteiger partial charge on any atom is 0.262 e. The molecule has 0 saturated heterocycles. The molecule has 3 rings (SSSR count). The zero-order valence-corrected chi connectivity index (χ0v) is 16.7. The first-order valence-corrected chi connectivity index (χ1v) is 10.1. The van der Waals surface area contributed by atoms with E-state index in [-0.39, 0.29) is 29.6 Å². The monoisotopic (exact) mass is 411 g/mol. The molecule has 2 N–H and O–H groups in total. The number of aliphatic hydroxyl groups excluding tert-OH is 1. The zero-order chi connectivity index (χ0) is 20.8. The van der Waals surface area contributed by atoms with Gasteiger partial charge >= 0.3 is 0 Å². The number of hydrogen-bond donors (Lipinski definition) is 2. The van der Waals surface area contributed by atoms with Crippen LogP contribution in [-0.4, -0.2) is 38.7 Å². The highest BCUT2D eigenvalue weighted by Crippen LogP contribution is 2.20. The topological polar surface area (TPSA) is 101 Å². The van der Waals surface area contributed by atoms with E-state index in [0.29, 0.717) is 40.3 Å². The highest BCUT2D eigenvalue weighted by atomic mass is 32.2. The number of carbonyl (C=O) groups is 2. The molecule has 0 fully saturated rings. The molecule has 1 aromatic heterocycles. The van der Waals surface area contributed by atoms with Crippen LogP contribution in [0.4, 0.5) is 5.69 Å².